The van der Waals surface area contributed by atoms with Gasteiger partial charge < -0.3 is 13.9 Å². The number of esters is 1. The minimum atomic E-state index is -0.440. The summed E-state index contributed by atoms with van der Waals surface area (Å²) >= 11 is 0. The van der Waals surface area contributed by atoms with Crippen LogP contribution >= 0.6 is 0 Å². The molecular weight excluding hydrogens is 366 g/mol. The van der Waals surface area contributed by atoms with E-state index >= 15 is 0 Å². The second-order valence-electron chi connectivity index (χ2n) is 6.84. The maximum absolute atomic E-state index is 13.4. The third-order valence-corrected chi connectivity index (χ3v) is 4.96. The molecule has 5 nitrogen and oxygen atoms in total. The van der Waals surface area contributed by atoms with Gasteiger partial charge in [-0.3, -0.25) is 4.79 Å². The number of hydrogen-bond acceptors (Lipinski definition) is 4. The van der Waals surface area contributed by atoms with Crippen LogP contribution in [0.3, 0.4) is 0 Å². The van der Waals surface area contributed by atoms with E-state index < -0.39 is 5.97 Å². The summed E-state index contributed by atoms with van der Waals surface area (Å²) < 4.78 is 12.2. The highest BCUT2D eigenvalue weighted by molar-refractivity contribution is 6.12. The largest absolute Gasteiger partial charge is 0.497 e. The predicted molar refractivity (Wildman–Crippen MR) is 112 cm³/mol. The molecule has 2 aromatic heterocycles. The standard InChI is InChI=1S/C24H21NO4/c1-4-29-24(27)19-14-22(23(26)16-6-9-18(28-3)10-7-16)25-20-11-5-15(2)13-17(20)8-12-21(19)25/h5-14H,4H2,1-3H3. The van der Waals surface area contributed by atoms with E-state index in [0.29, 0.717) is 28.1 Å². The van der Waals surface area contributed by atoms with Gasteiger partial charge in [0, 0.05) is 5.56 Å². The van der Waals surface area contributed by atoms with E-state index in [1.54, 1.807) is 44.4 Å². The molecule has 0 saturated carbocycles. The number of ketones is 1. The van der Waals surface area contributed by atoms with E-state index in [9.17, 15) is 9.59 Å². The van der Waals surface area contributed by atoms with Gasteiger partial charge in [-0.05, 0) is 67.8 Å². The number of fused-ring (bicyclic) bond motifs is 3. The lowest BCUT2D eigenvalue weighted by atomic mass is 10.1. The summed E-state index contributed by atoms with van der Waals surface area (Å²) in [7, 11) is 1.58. The molecule has 2 heterocycles. The van der Waals surface area contributed by atoms with Gasteiger partial charge in [0.2, 0.25) is 5.78 Å². The van der Waals surface area contributed by atoms with Crippen molar-refractivity contribution in [1.82, 2.24) is 4.40 Å². The highest BCUT2D eigenvalue weighted by Crippen LogP contribution is 2.27. The van der Waals surface area contributed by atoms with Gasteiger partial charge in [-0.15, -0.1) is 0 Å². The molecule has 0 aliphatic carbocycles. The Morgan fingerprint density at radius 3 is 2.34 bits per heavy atom. The number of aryl methyl sites for hydroxylation is 1. The zero-order chi connectivity index (χ0) is 20.5. The van der Waals surface area contributed by atoms with Gasteiger partial charge >= 0.3 is 5.97 Å². The Labute approximate surface area is 168 Å². The molecular formula is C24H21NO4. The van der Waals surface area contributed by atoms with Crippen molar-refractivity contribution in [3.8, 4) is 5.75 Å². The monoisotopic (exact) mass is 387 g/mol. The van der Waals surface area contributed by atoms with Gasteiger partial charge in [0.05, 0.1) is 36.0 Å². The van der Waals surface area contributed by atoms with E-state index in [4.69, 9.17) is 9.47 Å². The third kappa shape index (κ3) is 3.25. The first kappa shape index (κ1) is 18.7. The molecule has 0 atom stereocenters. The summed E-state index contributed by atoms with van der Waals surface area (Å²) in [5.41, 5.74) is 3.95. The molecule has 0 aliphatic rings. The van der Waals surface area contributed by atoms with E-state index in [0.717, 1.165) is 16.5 Å². The predicted octanol–water partition coefficient (Wildman–Crippen LogP) is 4.82. The summed E-state index contributed by atoms with van der Waals surface area (Å²) in [6, 6.07) is 18.4. The lowest BCUT2D eigenvalue weighted by Crippen LogP contribution is -2.06. The second-order valence-corrected chi connectivity index (χ2v) is 6.84. The van der Waals surface area contributed by atoms with Crippen molar-refractivity contribution in [3.63, 3.8) is 0 Å². The molecule has 0 aliphatic heterocycles. The van der Waals surface area contributed by atoms with E-state index in [1.165, 1.54) is 0 Å². The summed E-state index contributed by atoms with van der Waals surface area (Å²) in [5.74, 6) is 0.0613. The molecule has 0 fully saturated rings. The Hall–Kier alpha value is -3.60. The Morgan fingerprint density at radius 1 is 0.931 bits per heavy atom. The minimum Gasteiger partial charge on any atom is -0.497 e. The van der Waals surface area contributed by atoms with Crippen LogP contribution < -0.4 is 4.74 Å². The fraction of sp³-hybridized carbons (Fsp3) is 0.167. The van der Waals surface area contributed by atoms with Crippen LogP contribution in [-0.4, -0.2) is 29.9 Å². The molecule has 4 rings (SSSR count). The molecule has 5 heteroatoms. The number of aromatic nitrogens is 1. The fourth-order valence-electron chi connectivity index (χ4n) is 3.56. The second kappa shape index (κ2) is 7.43. The van der Waals surface area contributed by atoms with Crippen LogP contribution in [0.15, 0.2) is 60.7 Å². The molecule has 2 aromatic carbocycles. The molecule has 0 N–H and O–H groups in total. The molecule has 0 spiro atoms. The molecule has 146 valence electrons. The third-order valence-electron chi connectivity index (χ3n) is 4.96. The summed E-state index contributed by atoms with van der Waals surface area (Å²) in [5, 5.41) is 0.993. The van der Waals surface area contributed by atoms with Gasteiger partial charge in [0.1, 0.15) is 5.75 Å². The number of rotatable bonds is 5. The average Bonchev–Trinajstić information content (AvgIpc) is 3.13. The molecule has 0 unspecified atom stereocenters. The topological polar surface area (TPSA) is 57.0 Å². The van der Waals surface area contributed by atoms with Gasteiger partial charge in [-0.1, -0.05) is 17.7 Å². The quantitative estimate of drug-likeness (QED) is 0.364. The summed E-state index contributed by atoms with van der Waals surface area (Å²) in [4.78, 5) is 25.9. The van der Waals surface area contributed by atoms with Crippen LogP contribution in [0, 0.1) is 6.92 Å². The first-order chi connectivity index (χ1) is 14.0. The number of carbonyl (C=O) groups is 2. The Bertz CT molecular complexity index is 1240. The van der Waals surface area contributed by atoms with Crippen molar-refractivity contribution < 1.29 is 19.1 Å². The summed E-state index contributed by atoms with van der Waals surface area (Å²) in [6.07, 6.45) is 0. The van der Waals surface area contributed by atoms with Crippen molar-refractivity contribution in [3.05, 3.63) is 83.0 Å². The lowest BCUT2D eigenvalue weighted by molar-refractivity contribution is 0.0529. The number of hydrogen-bond donors (Lipinski definition) is 0. The van der Waals surface area contributed by atoms with Gasteiger partial charge in [-0.25, -0.2) is 4.79 Å². The minimum absolute atomic E-state index is 0.175. The number of nitrogens with zero attached hydrogens (tertiary/aromatic N) is 1. The summed E-state index contributed by atoms with van der Waals surface area (Å²) in [6.45, 7) is 4.05. The molecule has 4 aromatic rings. The number of methoxy groups -OCH3 is 1. The van der Waals surface area contributed by atoms with Crippen molar-refractivity contribution >= 4 is 28.2 Å². The van der Waals surface area contributed by atoms with Crippen LogP contribution in [0.4, 0.5) is 0 Å². The van der Waals surface area contributed by atoms with Gasteiger partial charge in [0.25, 0.3) is 0 Å². The van der Waals surface area contributed by atoms with E-state index in [1.807, 2.05) is 35.6 Å². The van der Waals surface area contributed by atoms with Crippen molar-refractivity contribution in [1.29, 1.82) is 0 Å². The Kier molecular flexibility index (Phi) is 4.80. The van der Waals surface area contributed by atoms with Crippen molar-refractivity contribution in [2.45, 2.75) is 13.8 Å². The molecule has 0 bridgehead atoms. The SMILES string of the molecule is CCOC(=O)c1cc(C(=O)c2ccc(OC)cc2)n2c1ccc1cc(C)ccc12. The zero-order valence-corrected chi connectivity index (χ0v) is 16.6. The van der Waals surface area contributed by atoms with Crippen molar-refractivity contribution in [2.75, 3.05) is 13.7 Å². The van der Waals surface area contributed by atoms with Crippen LogP contribution in [0.25, 0.3) is 16.4 Å². The van der Waals surface area contributed by atoms with Gasteiger partial charge in [0.15, 0.2) is 0 Å². The Balaban J connectivity index is 1.97. The van der Waals surface area contributed by atoms with Crippen LogP contribution in [0.1, 0.15) is 38.9 Å². The molecule has 29 heavy (non-hydrogen) atoms. The number of benzene rings is 2. The first-order valence-electron chi connectivity index (χ1n) is 9.44. The van der Waals surface area contributed by atoms with Crippen LogP contribution in [0.5, 0.6) is 5.75 Å². The fourth-order valence-corrected chi connectivity index (χ4v) is 3.56. The Morgan fingerprint density at radius 2 is 1.66 bits per heavy atom. The molecule has 0 saturated heterocycles. The highest BCUT2D eigenvalue weighted by Gasteiger charge is 2.22. The number of pyridine rings is 1. The van der Waals surface area contributed by atoms with Crippen LogP contribution in [0.2, 0.25) is 0 Å². The molecule has 0 amide bonds. The lowest BCUT2D eigenvalue weighted by Gasteiger charge is -2.09. The van der Waals surface area contributed by atoms with Crippen LogP contribution in [-0.2, 0) is 4.74 Å². The zero-order valence-electron chi connectivity index (χ0n) is 16.6. The smallest absolute Gasteiger partial charge is 0.340 e. The first-order valence-corrected chi connectivity index (χ1v) is 9.44. The van der Waals surface area contributed by atoms with Gasteiger partial charge in [-0.2, -0.15) is 0 Å². The average molecular weight is 387 g/mol. The van der Waals surface area contributed by atoms with E-state index in [-0.39, 0.29) is 12.4 Å². The highest BCUT2D eigenvalue weighted by atomic mass is 16.5. The van der Waals surface area contributed by atoms with E-state index in [2.05, 4.69) is 6.07 Å². The maximum Gasteiger partial charge on any atom is 0.340 e. The van der Waals surface area contributed by atoms with Crippen molar-refractivity contribution in [2.24, 2.45) is 0 Å². The maximum atomic E-state index is 13.4. The number of carbonyl (C=O) groups excluding carboxylic acids is 2. The molecule has 0 radical (unpaired) electrons. The normalized spacial score (nSPS) is 11.0. The number of ether oxygens (including phenoxy) is 2.